The van der Waals surface area contributed by atoms with Crippen molar-refractivity contribution in [2.75, 3.05) is 30.3 Å². The maximum atomic E-state index is 5.75. The first-order valence-electron chi connectivity index (χ1n) is 8.29. The minimum absolute atomic E-state index is 0.413. The second-order valence-corrected chi connectivity index (χ2v) is 5.54. The van der Waals surface area contributed by atoms with E-state index >= 15 is 0 Å². The Hall–Kier alpha value is -1.36. The van der Waals surface area contributed by atoms with Gasteiger partial charge < -0.3 is 15.4 Å². The Balaban J connectivity index is 1.85. The summed E-state index contributed by atoms with van der Waals surface area (Å²) in [5.74, 6) is 2.71. The molecule has 0 bridgehead atoms. The topological polar surface area (TPSA) is 59.1 Å². The van der Waals surface area contributed by atoms with Gasteiger partial charge in [0.05, 0.1) is 6.10 Å². The molecule has 5 nitrogen and oxygen atoms in total. The number of hydrogen-bond donors (Lipinski definition) is 2. The molecule has 1 aromatic heterocycles. The van der Waals surface area contributed by atoms with Crippen LogP contribution in [0, 0.1) is 0 Å². The van der Waals surface area contributed by atoms with Crippen LogP contribution < -0.4 is 10.6 Å². The van der Waals surface area contributed by atoms with Gasteiger partial charge in [0.15, 0.2) is 0 Å². The molecule has 0 spiro atoms. The fraction of sp³-hybridized carbons (Fsp3) is 0.750. The Kier molecular flexibility index (Phi) is 6.73. The molecule has 1 aliphatic heterocycles. The van der Waals surface area contributed by atoms with E-state index in [1.165, 1.54) is 19.3 Å². The molecule has 2 heterocycles. The molecule has 2 N–H and O–H groups in total. The summed E-state index contributed by atoms with van der Waals surface area (Å²) in [4.78, 5) is 9.04. The van der Waals surface area contributed by atoms with Crippen molar-refractivity contribution in [3.8, 4) is 0 Å². The molecule has 1 unspecified atom stereocenters. The Morgan fingerprint density at radius 2 is 1.90 bits per heavy atom. The summed E-state index contributed by atoms with van der Waals surface area (Å²) in [5.41, 5.74) is 0. The van der Waals surface area contributed by atoms with Crippen LogP contribution in [0.25, 0.3) is 0 Å². The average molecular weight is 292 g/mol. The Labute approximate surface area is 127 Å². The van der Waals surface area contributed by atoms with Crippen LogP contribution in [-0.2, 0) is 11.2 Å². The van der Waals surface area contributed by atoms with Gasteiger partial charge in [0.2, 0.25) is 0 Å². The molecule has 1 fully saturated rings. The fourth-order valence-corrected chi connectivity index (χ4v) is 2.49. The van der Waals surface area contributed by atoms with Crippen LogP contribution in [0.3, 0.4) is 0 Å². The van der Waals surface area contributed by atoms with E-state index in [0.717, 1.165) is 56.4 Å². The monoisotopic (exact) mass is 292 g/mol. The number of ether oxygens (including phenoxy) is 1. The quantitative estimate of drug-likeness (QED) is 0.770. The third kappa shape index (κ3) is 5.50. The summed E-state index contributed by atoms with van der Waals surface area (Å²) < 4.78 is 5.75. The fourth-order valence-electron chi connectivity index (χ4n) is 2.49. The molecule has 1 atom stereocenters. The molecule has 0 aliphatic carbocycles. The van der Waals surface area contributed by atoms with Gasteiger partial charge in [-0.3, -0.25) is 0 Å². The lowest BCUT2D eigenvalue weighted by Crippen LogP contribution is -2.22. The van der Waals surface area contributed by atoms with Crippen molar-refractivity contribution in [1.82, 2.24) is 9.97 Å². The molecule has 1 aromatic rings. The summed E-state index contributed by atoms with van der Waals surface area (Å²) in [6, 6.07) is 2.00. The van der Waals surface area contributed by atoms with E-state index < -0.39 is 0 Å². The zero-order chi connectivity index (χ0) is 14.9. The molecule has 118 valence electrons. The van der Waals surface area contributed by atoms with Gasteiger partial charge in [0, 0.05) is 32.2 Å². The second kappa shape index (κ2) is 8.82. The largest absolute Gasteiger partial charge is 0.378 e. The van der Waals surface area contributed by atoms with Crippen molar-refractivity contribution in [2.24, 2.45) is 0 Å². The molecule has 0 amide bonds. The summed E-state index contributed by atoms with van der Waals surface area (Å²) in [7, 11) is 0. The lowest BCUT2D eigenvalue weighted by atomic mass is 10.1. The number of anilines is 2. The predicted octanol–water partition coefficient (Wildman–Crippen LogP) is 3.23. The first-order valence-corrected chi connectivity index (χ1v) is 8.29. The number of nitrogens with one attached hydrogen (secondary N) is 2. The Morgan fingerprint density at radius 1 is 1.14 bits per heavy atom. The van der Waals surface area contributed by atoms with Gasteiger partial charge in [0.25, 0.3) is 0 Å². The van der Waals surface area contributed by atoms with Gasteiger partial charge in [-0.1, -0.05) is 13.8 Å². The van der Waals surface area contributed by atoms with Gasteiger partial charge in [-0.05, 0) is 32.1 Å². The molecule has 0 radical (unpaired) electrons. The molecule has 1 saturated heterocycles. The zero-order valence-electron chi connectivity index (χ0n) is 13.3. The lowest BCUT2D eigenvalue weighted by molar-refractivity contribution is 0.0134. The third-order valence-electron chi connectivity index (χ3n) is 3.69. The molecule has 1 aliphatic rings. The Bertz CT molecular complexity index is 419. The lowest BCUT2D eigenvalue weighted by Gasteiger charge is -2.22. The Morgan fingerprint density at radius 3 is 2.52 bits per heavy atom. The highest BCUT2D eigenvalue weighted by Gasteiger charge is 2.13. The standard InChI is InChI=1S/C16H28N4O/c1-3-9-17-15-12-16(20-14(4-2)19-15)18-10-8-13-7-5-6-11-21-13/h12-13H,3-11H2,1-2H3,(H2,17,18,19,20). The highest BCUT2D eigenvalue weighted by atomic mass is 16.5. The summed E-state index contributed by atoms with van der Waals surface area (Å²) >= 11 is 0. The number of aryl methyl sites for hydroxylation is 1. The SMILES string of the molecule is CCCNc1cc(NCCC2CCCCO2)nc(CC)n1. The van der Waals surface area contributed by atoms with Crippen LogP contribution in [0.1, 0.15) is 51.8 Å². The van der Waals surface area contributed by atoms with Crippen molar-refractivity contribution in [3.05, 3.63) is 11.9 Å². The van der Waals surface area contributed by atoms with Crippen LogP contribution in [-0.4, -0.2) is 35.8 Å². The van der Waals surface area contributed by atoms with Crippen molar-refractivity contribution in [1.29, 1.82) is 0 Å². The minimum Gasteiger partial charge on any atom is -0.378 e. The maximum Gasteiger partial charge on any atom is 0.132 e. The van der Waals surface area contributed by atoms with Crippen molar-refractivity contribution in [3.63, 3.8) is 0 Å². The maximum absolute atomic E-state index is 5.75. The smallest absolute Gasteiger partial charge is 0.132 e. The first kappa shape index (κ1) is 16.0. The predicted molar refractivity (Wildman–Crippen MR) is 86.9 cm³/mol. The van der Waals surface area contributed by atoms with Gasteiger partial charge in [-0.2, -0.15) is 0 Å². The normalized spacial score (nSPS) is 18.5. The summed E-state index contributed by atoms with van der Waals surface area (Å²) in [6.07, 6.45) is 7.09. The van der Waals surface area contributed by atoms with E-state index in [-0.39, 0.29) is 0 Å². The molecule has 21 heavy (non-hydrogen) atoms. The van der Waals surface area contributed by atoms with Crippen LogP contribution in [0.2, 0.25) is 0 Å². The van der Waals surface area contributed by atoms with Gasteiger partial charge in [0.1, 0.15) is 17.5 Å². The minimum atomic E-state index is 0.413. The second-order valence-electron chi connectivity index (χ2n) is 5.54. The molecule has 2 rings (SSSR count). The van der Waals surface area contributed by atoms with E-state index in [1.54, 1.807) is 0 Å². The highest BCUT2D eigenvalue weighted by Crippen LogP contribution is 2.16. The van der Waals surface area contributed by atoms with Crippen LogP contribution in [0.15, 0.2) is 6.07 Å². The van der Waals surface area contributed by atoms with Crippen molar-refractivity contribution >= 4 is 11.6 Å². The van der Waals surface area contributed by atoms with Crippen molar-refractivity contribution in [2.45, 2.75) is 58.5 Å². The number of hydrogen-bond acceptors (Lipinski definition) is 5. The number of nitrogens with zero attached hydrogens (tertiary/aromatic N) is 2. The van der Waals surface area contributed by atoms with E-state index in [9.17, 15) is 0 Å². The highest BCUT2D eigenvalue weighted by molar-refractivity contribution is 5.47. The van der Waals surface area contributed by atoms with Gasteiger partial charge in [-0.15, -0.1) is 0 Å². The van der Waals surface area contributed by atoms with E-state index in [0.29, 0.717) is 6.10 Å². The first-order chi connectivity index (χ1) is 10.3. The molecule has 0 aromatic carbocycles. The van der Waals surface area contributed by atoms with Gasteiger partial charge >= 0.3 is 0 Å². The van der Waals surface area contributed by atoms with E-state index in [2.05, 4.69) is 34.4 Å². The third-order valence-corrected chi connectivity index (χ3v) is 3.69. The number of rotatable bonds is 8. The zero-order valence-corrected chi connectivity index (χ0v) is 13.3. The average Bonchev–Trinajstić information content (AvgIpc) is 2.53. The molecule has 0 saturated carbocycles. The van der Waals surface area contributed by atoms with Crippen molar-refractivity contribution < 1.29 is 4.74 Å². The van der Waals surface area contributed by atoms with Gasteiger partial charge in [-0.25, -0.2) is 9.97 Å². The summed E-state index contributed by atoms with van der Waals surface area (Å²) in [6.45, 7) is 6.99. The van der Waals surface area contributed by atoms with E-state index in [1.807, 2.05) is 6.07 Å². The van der Waals surface area contributed by atoms with Crippen LogP contribution >= 0.6 is 0 Å². The number of aromatic nitrogens is 2. The molecular weight excluding hydrogens is 264 g/mol. The van der Waals surface area contributed by atoms with Crippen LogP contribution in [0.4, 0.5) is 11.6 Å². The summed E-state index contributed by atoms with van der Waals surface area (Å²) in [5, 5.41) is 6.75. The van der Waals surface area contributed by atoms with Crippen LogP contribution in [0.5, 0.6) is 0 Å². The van der Waals surface area contributed by atoms with E-state index in [4.69, 9.17) is 4.74 Å². The molecule has 5 heteroatoms. The molecular formula is C16H28N4O.